The summed E-state index contributed by atoms with van der Waals surface area (Å²) >= 11 is 0. The summed E-state index contributed by atoms with van der Waals surface area (Å²) in [5.41, 5.74) is -1.26. The molecular weight excluding hydrogens is 204 g/mol. The van der Waals surface area contributed by atoms with Crippen molar-refractivity contribution >= 4 is 5.97 Å². The highest BCUT2D eigenvalue weighted by atomic mass is 16.6. The Hall–Kier alpha value is -0.570. The zero-order valence-electron chi connectivity index (χ0n) is 10.1. The van der Waals surface area contributed by atoms with E-state index in [0.29, 0.717) is 12.3 Å². The Morgan fingerprint density at radius 1 is 1.31 bits per heavy atom. The van der Waals surface area contributed by atoms with Crippen molar-refractivity contribution in [1.82, 2.24) is 0 Å². The number of esters is 1. The Morgan fingerprint density at radius 2 is 2.06 bits per heavy atom. The summed E-state index contributed by atoms with van der Waals surface area (Å²) in [6.45, 7) is 3.93. The first-order chi connectivity index (χ1) is 7.38. The van der Waals surface area contributed by atoms with Gasteiger partial charge in [-0.25, -0.2) is 0 Å². The lowest BCUT2D eigenvalue weighted by atomic mass is 9.56. The fourth-order valence-corrected chi connectivity index (χ4v) is 4.37. The van der Waals surface area contributed by atoms with E-state index in [1.54, 1.807) is 0 Å². The van der Waals surface area contributed by atoms with Gasteiger partial charge in [0.2, 0.25) is 0 Å². The summed E-state index contributed by atoms with van der Waals surface area (Å²) in [6, 6.07) is 0. The van der Waals surface area contributed by atoms with Gasteiger partial charge in [-0.2, -0.15) is 0 Å². The number of rotatable bonds is 0. The molecule has 16 heavy (non-hydrogen) atoms. The Bertz CT molecular complexity index is 349. The van der Waals surface area contributed by atoms with Crippen LogP contribution in [0.2, 0.25) is 0 Å². The average molecular weight is 224 g/mol. The molecule has 90 valence electrons. The third-order valence-corrected chi connectivity index (χ3v) is 5.11. The second-order valence-electron chi connectivity index (χ2n) is 6.49. The summed E-state index contributed by atoms with van der Waals surface area (Å²) in [7, 11) is 0. The molecule has 1 N–H and O–H groups in total. The number of hydrogen-bond donors (Lipinski definition) is 1. The third kappa shape index (κ3) is 1.15. The largest absolute Gasteiger partial charge is 0.458 e. The van der Waals surface area contributed by atoms with Crippen molar-refractivity contribution in [3.8, 4) is 0 Å². The molecule has 1 saturated heterocycles. The monoisotopic (exact) mass is 224 g/mol. The maximum absolute atomic E-state index is 12.0. The van der Waals surface area contributed by atoms with Gasteiger partial charge in [-0.05, 0) is 46.0 Å². The van der Waals surface area contributed by atoms with Crippen LogP contribution in [0.4, 0.5) is 0 Å². The third-order valence-electron chi connectivity index (χ3n) is 5.11. The van der Waals surface area contributed by atoms with Gasteiger partial charge in [0.05, 0.1) is 11.0 Å². The molecule has 3 rings (SSSR count). The van der Waals surface area contributed by atoms with Crippen molar-refractivity contribution in [3.63, 3.8) is 0 Å². The molecule has 2 bridgehead atoms. The van der Waals surface area contributed by atoms with Crippen molar-refractivity contribution in [2.75, 3.05) is 0 Å². The van der Waals surface area contributed by atoms with Crippen LogP contribution in [0.25, 0.3) is 0 Å². The lowest BCUT2D eigenvalue weighted by Crippen LogP contribution is -2.52. The Balaban J connectivity index is 2.02. The molecule has 3 heteroatoms. The molecule has 0 amide bonds. The van der Waals surface area contributed by atoms with Gasteiger partial charge in [0.1, 0.15) is 5.60 Å². The zero-order valence-corrected chi connectivity index (χ0v) is 10.1. The van der Waals surface area contributed by atoms with Crippen LogP contribution in [0.1, 0.15) is 52.4 Å². The standard InChI is InChI=1S/C13H20O3/c1-11(15)7-4-9-12(2)5-3-6-13(9,8-11)16-10(12)14/h9,15H,3-8H2,1-2H3/t9-,11-,12+,13+/m0/s1. The molecule has 3 nitrogen and oxygen atoms in total. The van der Waals surface area contributed by atoms with Crippen LogP contribution < -0.4 is 0 Å². The lowest BCUT2D eigenvalue weighted by Gasteiger charge is -2.49. The Kier molecular flexibility index (Phi) is 1.86. The molecule has 2 saturated carbocycles. The zero-order chi connectivity index (χ0) is 11.6. The highest BCUT2D eigenvalue weighted by Crippen LogP contribution is 2.61. The van der Waals surface area contributed by atoms with Crippen molar-refractivity contribution in [1.29, 1.82) is 0 Å². The molecule has 3 aliphatic rings. The molecule has 0 radical (unpaired) electrons. The maximum atomic E-state index is 12.0. The second kappa shape index (κ2) is 2.81. The van der Waals surface area contributed by atoms with Gasteiger partial charge >= 0.3 is 5.97 Å². The van der Waals surface area contributed by atoms with Gasteiger partial charge in [0.25, 0.3) is 0 Å². The van der Waals surface area contributed by atoms with Crippen LogP contribution in [-0.2, 0) is 9.53 Å². The topological polar surface area (TPSA) is 46.5 Å². The van der Waals surface area contributed by atoms with Gasteiger partial charge in [0, 0.05) is 12.3 Å². The van der Waals surface area contributed by atoms with Crippen LogP contribution >= 0.6 is 0 Å². The normalized spacial score (nSPS) is 55.7. The summed E-state index contributed by atoms with van der Waals surface area (Å²) in [6.07, 6.45) is 5.30. The summed E-state index contributed by atoms with van der Waals surface area (Å²) in [4.78, 5) is 12.0. The summed E-state index contributed by atoms with van der Waals surface area (Å²) in [5.74, 6) is 0.314. The van der Waals surface area contributed by atoms with Crippen LogP contribution in [0.3, 0.4) is 0 Å². The summed E-state index contributed by atoms with van der Waals surface area (Å²) < 4.78 is 5.72. The first kappa shape index (κ1) is 10.6. The van der Waals surface area contributed by atoms with Crippen molar-refractivity contribution in [2.24, 2.45) is 11.3 Å². The minimum Gasteiger partial charge on any atom is -0.458 e. The molecule has 2 aliphatic carbocycles. The first-order valence-electron chi connectivity index (χ1n) is 6.34. The van der Waals surface area contributed by atoms with E-state index in [0.717, 1.165) is 32.1 Å². The summed E-state index contributed by atoms with van der Waals surface area (Å²) in [5, 5.41) is 10.2. The van der Waals surface area contributed by atoms with Gasteiger partial charge < -0.3 is 9.84 Å². The fraction of sp³-hybridized carbons (Fsp3) is 0.923. The van der Waals surface area contributed by atoms with E-state index in [2.05, 4.69) is 6.92 Å². The van der Waals surface area contributed by atoms with Gasteiger partial charge in [-0.15, -0.1) is 0 Å². The van der Waals surface area contributed by atoms with E-state index in [4.69, 9.17) is 4.74 Å². The van der Waals surface area contributed by atoms with E-state index >= 15 is 0 Å². The van der Waals surface area contributed by atoms with Gasteiger partial charge in [-0.1, -0.05) is 0 Å². The molecule has 0 aromatic carbocycles. The van der Waals surface area contributed by atoms with Gasteiger partial charge in [0.15, 0.2) is 0 Å². The minimum atomic E-state index is -0.653. The second-order valence-corrected chi connectivity index (χ2v) is 6.49. The number of ether oxygens (including phenoxy) is 1. The van der Waals surface area contributed by atoms with E-state index in [9.17, 15) is 9.90 Å². The predicted molar refractivity (Wildman–Crippen MR) is 58.7 cm³/mol. The van der Waals surface area contributed by atoms with Gasteiger partial charge in [-0.3, -0.25) is 4.79 Å². The highest BCUT2D eigenvalue weighted by Gasteiger charge is 2.66. The van der Waals surface area contributed by atoms with E-state index < -0.39 is 5.60 Å². The Labute approximate surface area is 96.2 Å². The van der Waals surface area contributed by atoms with Crippen molar-refractivity contribution in [2.45, 2.75) is 63.6 Å². The molecular formula is C13H20O3. The fourth-order valence-electron chi connectivity index (χ4n) is 4.37. The Morgan fingerprint density at radius 3 is 2.81 bits per heavy atom. The maximum Gasteiger partial charge on any atom is 0.312 e. The van der Waals surface area contributed by atoms with E-state index in [-0.39, 0.29) is 17.0 Å². The minimum absolute atomic E-state index is 0.0206. The van der Waals surface area contributed by atoms with Crippen LogP contribution in [-0.4, -0.2) is 22.3 Å². The quantitative estimate of drug-likeness (QED) is 0.640. The number of hydrogen-bond acceptors (Lipinski definition) is 3. The number of aliphatic hydroxyl groups is 1. The van der Waals surface area contributed by atoms with Crippen molar-refractivity contribution < 1.29 is 14.6 Å². The molecule has 3 fully saturated rings. The molecule has 0 unspecified atom stereocenters. The van der Waals surface area contributed by atoms with Crippen LogP contribution in [0, 0.1) is 11.3 Å². The first-order valence-corrected chi connectivity index (χ1v) is 6.34. The molecule has 4 atom stereocenters. The molecule has 1 aliphatic heterocycles. The van der Waals surface area contributed by atoms with E-state index in [1.165, 1.54) is 0 Å². The smallest absolute Gasteiger partial charge is 0.312 e. The highest BCUT2D eigenvalue weighted by molar-refractivity contribution is 5.80. The number of carbonyl (C=O) groups excluding carboxylic acids is 1. The predicted octanol–water partition coefficient (Wildman–Crippen LogP) is 2.02. The average Bonchev–Trinajstić information content (AvgIpc) is 2.25. The number of carbonyl (C=O) groups is 1. The molecule has 0 aromatic rings. The van der Waals surface area contributed by atoms with E-state index in [1.807, 2.05) is 6.92 Å². The van der Waals surface area contributed by atoms with Crippen LogP contribution in [0.15, 0.2) is 0 Å². The van der Waals surface area contributed by atoms with Crippen molar-refractivity contribution in [3.05, 3.63) is 0 Å². The molecule has 0 spiro atoms. The molecule has 0 aromatic heterocycles. The SMILES string of the molecule is C[C@]1(O)CC[C@@H]2[C@@]3(CCC[C@@]2(C)C(=O)O3)C1. The van der Waals surface area contributed by atoms with Crippen LogP contribution in [0.5, 0.6) is 0 Å². The molecule has 1 heterocycles. The lowest BCUT2D eigenvalue weighted by molar-refractivity contribution is -0.161.